The Balaban J connectivity index is 1.76. The Morgan fingerprint density at radius 1 is 1.09 bits per heavy atom. The molecule has 2 heterocycles. The summed E-state index contributed by atoms with van der Waals surface area (Å²) in [5.41, 5.74) is 0.244. The van der Waals surface area contributed by atoms with Crippen molar-refractivity contribution in [2.75, 3.05) is 13.1 Å². The van der Waals surface area contributed by atoms with Gasteiger partial charge in [0, 0.05) is 18.0 Å². The van der Waals surface area contributed by atoms with Gasteiger partial charge in [-0.25, -0.2) is 9.86 Å². The third-order valence-electron chi connectivity index (χ3n) is 6.25. The molecule has 32 heavy (non-hydrogen) atoms. The SMILES string of the molecule is CC(C)(C)C1ON(C(=S)NC(=O)c2ccccc2)C2(c3ccccc3)CN(C(=O)O)CC12. The number of carbonyl (C=O) groups excluding carboxylic acids is 1. The monoisotopic (exact) mass is 453 g/mol. The summed E-state index contributed by atoms with van der Waals surface area (Å²) in [6.45, 7) is 6.69. The maximum atomic E-state index is 12.8. The molecule has 0 bridgehead atoms. The highest BCUT2D eigenvalue weighted by molar-refractivity contribution is 7.80. The van der Waals surface area contributed by atoms with E-state index >= 15 is 0 Å². The molecular formula is C24H27N3O4S. The number of hydroxylamine groups is 2. The summed E-state index contributed by atoms with van der Waals surface area (Å²) in [4.78, 5) is 32.6. The average Bonchev–Trinajstić information content (AvgIpc) is 3.30. The van der Waals surface area contributed by atoms with Crippen LogP contribution in [0.4, 0.5) is 4.79 Å². The van der Waals surface area contributed by atoms with Crippen molar-refractivity contribution in [1.29, 1.82) is 0 Å². The van der Waals surface area contributed by atoms with Gasteiger partial charge in [-0.3, -0.25) is 14.9 Å². The van der Waals surface area contributed by atoms with E-state index in [1.807, 2.05) is 36.4 Å². The van der Waals surface area contributed by atoms with E-state index in [4.69, 9.17) is 17.1 Å². The molecule has 2 fully saturated rings. The van der Waals surface area contributed by atoms with Gasteiger partial charge in [-0.05, 0) is 35.3 Å². The second kappa shape index (κ2) is 8.18. The van der Waals surface area contributed by atoms with E-state index in [1.54, 1.807) is 29.3 Å². The molecule has 2 aromatic carbocycles. The first-order valence-corrected chi connectivity index (χ1v) is 11.0. The highest BCUT2D eigenvalue weighted by Crippen LogP contribution is 2.53. The van der Waals surface area contributed by atoms with Gasteiger partial charge >= 0.3 is 6.09 Å². The predicted molar refractivity (Wildman–Crippen MR) is 124 cm³/mol. The summed E-state index contributed by atoms with van der Waals surface area (Å²) in [6, 6.07) is 18.5. The fraction of sp³-hybridized carbons (Fsp3) is 0.375. The molecule has 2 N–H and O–H groups in total. The molecule has 0 aromatic heterocycles. The minimum atomic E-state index is -0.985. The minimum Gasteiger partial charge on any atom is -0.465 e. The zero-order valence-electron chi connectivity index (χ0n) is 18.3. The normalized spacial score (nSPS) is 24.8. The number of carboxylic acid groups (broad SMARTS) is 1. The fourth-order valence-corrected chi connectivity index (χ4v) is 5.10. The van der Waals surface area contributed by atoms with Crippen LogP contribution in [0, 0.1) is 11.3 Å². The maximum absolute atomic E-state index is 12.8. The minimum absolute atomic E-state index is 0.117. The van der Waals surface area contributed by atoms with Crippen molar-refractivity contribution in [3.05, 3.63) is 71.8 Å². The molecule has 168 valence electrons. The molecule has 7 nitrogen and oxygen atoms in total. The molecule has 3 atom stereocenters. The number of thiocarbonyl (C=S) groups is 1. The molecule has 0 radical (unpaired) electrons. The Labute approximate surface area is 192 Å². The molecule has 8 heteroatoms. The van der Waals surface area contributed by atoms with Gasteiger partial charge < -0.3 is 10.0 Å². The highest BCUT2D eigenvalue weighted by atomic mass is 32.1. The summed E-state index contributed by atoms with van der Waals surface area (Å²) in [6.07, 6.45) is -1.29. The fourth-order valence-electron chi connectivity index (χ4n) is 4.80. The summed E-state index contributed by atoms with van der Waals surface area (Å²) in [5, 5.41) is 14.3. The van der Waals surface area contributed by atoms with Gasteiger partial charge in [-0.1, -0.05) is 69.3 Å². The lowest BCUT2D eigenvalue weighted by atomic mass is 9.72. The van der Waals surface area contributed by atoms with Crippen molar-refractivity contribution in [3.8, 4) is 0 Å². The molecule has 2 saturated heterocycles. The second-order valence-electron chi connectivity index (χ2n) is 9.37. The Hall–Kier alpha value is -2.97. The number of nitrogens with zero attached hydrogens (tertiary/aromatic N) is 2. The summed E-state index contributed by atoms with van der Waals surface area (Å²) in [5.74, 6) is -0.515. The first-order chi connectivity index (χ1) is 15.1. The smallest absolute Gasteiger partial charge is 0.407 e. The van der Waals surface area contributed by atoms with Crippen molar-refractivity contribution in [2.45, 2.75) is 32.4 Å². The van der Waals surface area contributed by atoms with E-state index in [0.717, 1.165) is 5.56 Å². The number of hydrogen-bond acceptors (Lipinski definition) is 4. The third-order valence-corrected chi connectivity index (χ3v) is 6.52. The summed E-state index contributed by atoms with van der Waals surface area (Å²) in [7, 11) is 0. The number of rotatable bonds is 2. The zero-order valence-corrected chi connectivity index (χ0v) is 19.1. The van der Waals surface area contributed by atoms with Gasteiger partial charge in [0.05, 0.1) is 12.6 Å². The van der Waals surface area contributed by atoms with Gasteiger partial charge in [-0.2, -0.15) is 0 Å². The molecule has 2 aliphatic rings. The Morgan fingerprint density at radius 2 is 1.69 bits per heavy atom. The number of amides is 2. The Morgan fingerprint density at radius 3 is 2.25 bits per heavy atom. The first-order valence-electron chi connectivity index (χ1n) is 10.6. The number of carbonyl (C=O) groups is 2. The van der Waals surface area contributed by atoms with Gasteiger partial charge in [0.15, 0.2) is 0 Å². The van der Waals surface area contributed by atoms with Crippen LogP contribution in [0.1, 0.15) is 36.7 Å². The number of nitrogens with one attached hydrogen (secondary N) is 1. The average molecular weight is 454 g/mol. The molecule has 0 aliphatic carbocycles. The van der Waals surface area contributed by atoms with Crippen molar-refractivity contribution < 1.29 is 19.5 Å². The number of hydrogen-bond donors (Lipinski definition) is 2. The number of benzene rings is 2. The number of fused-ring (bicyclic) bond motifs is 1. The number of likely N-dealkylation sites (tertiary alicyclic amines) is 1. The van der Waals surface area contributed by atoms with Crippen LogP contribution >= 0.6 is 12.2 Å². The van der Waals surface area contributed by atoms with Crippen LogP contribution in [-0.4, -0.2) is 51.4 Å². The lowest BCUT2D eigenvalue weighted by Crippen LogP contribution is -2.53. The third kappa shape index (κ3) is 3.73. The first kappa shape index (κ1) is 22.2. The molecule has 2 aliphatic heterocycles. The molecule has 0 spiro atoms. The maximum Gasteiger partial charge on any atom is 0.407 e. The van der Waals surface area contributed by atoms with Crippen LogP contribution in [-0.2, 0) is 10.4 Å². The van der Waals surface area contributed by atoms with Crippen molar-refractivity contribution >= 4 is 29.3 Å². The molecule has 2 amide bonds. The Kier molecular flexibility index (Phi) is 5.68. The lowest BCUT2D eigenvalue weighted by molar-refractivity contribution is -0.160. The van der Waals surface area contributed by atoms with E-state index in [-0.39, 0.29) is 35.0 Å². The van der Waals surface area contributed by atoms with Gasteiger partial charge in [-0.15, -0.1) is 0 Å². The van der Waals surface area contributed by atoms with Crippen molar-refractivity contribution in [1.82, 2.24) is 15.3 Å². The van der Waals surface area contributed by atoms with E-state index in [0.29, 0.717) is 12.1 Å². The van der Waals surface area contributed by atoms with E-state index in [2.05, 4.69) is 26.1 Å². The predicted octanol–water partition coefficient (Wildman–Crippen LogP) is 3.87. The van der Waals surface area contributed by atoms with E-state index < -0.39 is 11.6 Å². The largest absolute Gasteiger partial charge is 0.465 e. The van der Waals surface area contributed by atoms with Crippen molar-refractivity contribution in [3.63, 3.8) is 0 Å². The quantitative estimate of drug-likeness (QED) is 0.672. The zero-order chi connectivity index (χ0) is 23.1. The standard InChI is InChI=1S/C24H27N3O4S/c1-23(2,3)19-18-14-26(22(29)30)15-24(18,17-12-8-5-9-13-17)27(31-19)21(32)25-20(28)16-10-6-4-7-11-16/h4-13,18-19H,14-15H2,1-3H3,(H,29,30)(H,25,28,32). The van der Waals surface area contributed by atoms with Crippen LogP contribution in [0.3, 0.4) is 0 Å². The summed E-state index contributed by atoms with van der Waals surface area (Å²) >= 11 is 5.67. The van der Waals surface area contributed by atoms with Gasteiger partial charge in [0.1, 0.15) is 5.54 Å². The van der Waals surface area contributed by atoms with Crippen LogP contribution in [0.15, 0.2) is 60.7 Å². The van der Waals surface area contributed by atoms with E-state index in [9.17, 15) is 14.7 Å². The topological polar surface area (TPSA) is 82.1 Å². The molecule has 3 unspecified atom stereocenters. The van der Waals surface area contributed by atoms with Crippen LogP contribution in [0.25, 0.3) is 0 Å². The molecule has 0 saturated carbocycles. The van der Waals surface area contributed by atoms with Gasteiger partial charge in [0.25, 0.3) is 5.91 Å². The van der Waals surface area contributed by atoms with Crippen LogP contribution < -0.4 is 5.32 Å². The molecule has 4 rings (SSSR count). The molecule has 2 aromatic rings. The Bertz CT molecular complexity index is 1020. The highest BCUT2D eigenvalue weighted by Gasteiger charge is 2.65. The lowest BCUT2D eigenvalue weighted by Gasteiger charge is -2.37. The van der Waals surface area contributed by atoms with Crippen molar-refractivity contribution in [2.24, 2.45) is 11.3 Å². The summed E-state index contributed by atoms with van der Waals surface area (Å²) < 4.78 is 0. The second-order valence-corrected chi connectivity index (χ2v) is 9.76. The van der Waals surface area contributed by atoms with E-state index in [1.165, 1.54) is 4.90 Å². The van der Waals surface area contributed by atoms with Crippen LogP contribution in [0.5, 0.6) is 0 Å². The van der Waals surface area contributed by atoms with Crippen LogP contribution in [0.2, 0.25) is 0 Å². The molecular weight excluding hydrogens is 426 g/mol. The van der Waals surface area contributed by atoms with Gasteiger partial charge in [0.2, 0.25) is 5.11 Å².